The van der Waals surface area contributed by atoms with Crippen molar-refractivity contribution in [2.45, 2.75) is 77.2 Å². The second kappa shape index (κ2) is 8.07. The maximum atomic E-state index is 11.9. The summed E-state index contributed by atoms with van der Waals surface area (Å²) in [6.45, 7) is 3.12. The zero-order valence-electron chi connectivity index (χ0n) is 15.6. The highest BCUT2D eigenvalue weighted by Crippen LogP contribution is 2.61. The molecule has 0 heterocycles. The Hall–Kier alpha value is -1.10. The van der Waals surface area contributed by atoms with Crippen LogP contribution in [0.5, 0.6) is 0 Å². The first-order chi connectivity index (χ1) is 12.0. The molecular weight excluding hydrogens is 316 g/mol. The van der Waals surface area contributed by atoms with Crippen LogP contribution in [0.25, 0.3) is 0 Å². The van der Waals surface area contributed by atoms with Crippen molar-refractivity contribution in [2.24, 2.45) is 28.9 Å². The van der Waals surface area contributed by atoms with Gasteiger partial charge in [-0.05, 0) is 87.5 Å². The molecule has 5 nitrogen and oxygen atoms in total. The maximum Gasteiger partial charge on any atom is 0.305 e. The van der Waals surface area contributed by atoms with Crippen molar-refractivity contribution >= 4 is 11.9 Å². The number of hydrogen-bond donors (Lipinski definition) is 2. The summed E-state index contributed by atoms with van der Waals surface area (Å²) in [5.41, 5.74) is 5.76. The molecule has 5 heteroatoms. The van der Waals surface area contributed by atoms with E-state index in [1.54, 1.807) is 0 Å². The van der Waals surface area contributed by atoms with E-state index in [4.69, 9.17) is 10.5 Å². The number of nitrogens with one attached hydrogen (secondary N) is 1. The zero-order chi connectivity index (χ0) is 17.9. The van der Waals surface area contributed by atoms with E-state index in [-0.39, 0.29) is 17.9 Å². The molecule has 0 spiro atoms. The number of amides is 1. The summed E-state index contributed by atoms with van der Waals surface area (Å²) in [5.74, 6) is 2.40. The predicted molar refractivity (Wildman–Crippen MR) is 96.7 cm³/mol. The summed E-state index contributed by atoms with van der Waals surface area (Å²) in [6, 6.07) is -0.299. The van der Waals surface area contributed by atoms with Gasteiger partial charge >= 0.3 is 5.97 Å². The molecule has 4 aliphatic carbocycles. The van der Waals surface area contributed by atoms with Gasteiger partial charge in [0, 0.05) is 6.42 Å². The van der Waals surface area contributed by atoms with Crippen LogP contribution in [0, 0.1) is 23.2 Å². The zero-order valence-corrected chi connectivity index (χ0v) is 15.6. The Morgan fingerprint density at radius 3 is 2.28 bits per heavy atom. The van der Waals surface area contributed by atoms with Crippen molar-refractivity contribution in [3.63, 3.8) is 0 Å². The predicted octanol–water partition coefficient (Wildman–Crippen LogP) is 2.77. The summed E-state index contributed by atoms with van der Waals surface area (Å²) in [6.07, 6.45) is 11.3. The highest BCUT2D eigenvalue weighted by Gasteiger charge is 2.50. The first kappa shape index (κ1) is 18.7. The number of carbonyl (C=O) groups excluding carboxylic acids is 2. The third-order valence-electron chi connectivity index (χ3n) is 6.76. The van der Waals surface area contributed by atoms with Gasteiger partial charge in [0.15, 0.2) is 0 Å². The number of carbonyl (C=O) groups is 2. The largest absolute Gasteiger partial charge is 0.466 e. The van der Waals surface area contributed by atoms with E-state index in [1.165, 1.54) is 38.5 Å². The molecule has 0 aromatic heterocycles. The molecule has 25 heavy (non-hydrogen) atoms. The molecular formula is C20H34N2O3. The molecule has 4 saturated carbocycles. The summed E-state index contributed by atoms with van der Waals surface area (Å²) >= 11 is 0. The fraction of sp³-hybridized carbons (Fsp3) is 0.900. The van der Waals surface area contributed by atoms with Gasteiger partial charge in [-0.2, -0.15) is 0 Å². The third kappa shape index (κ3) is 4.75. The lowest BCUT2D eigenvalue weighted by atomic mass is 9.49. The quantitative estimate of drug-likeness (QED) is 0.469. The molecule has 4 aliphatic rings. The van der Waals surface area contributed by atoms with E-state index in [2.05, 4.69) is 5.32 Å². The Kier molecular flexibility index (Phi) is 6.03. The van der Waals surface area contributed by atoms with E-state index in [0.29, 0.717) is 37.8 Å². The fourth-order valence-electron chi connectivity index (χ4n) is 6.00. The van der Waals surface area contributed by atoms with Crippen molar-refractivity contribution in [1.82, 2.24) is 5.32 Å². The second-order valence-corrected chi connectivity index (χ2v) is 8.81. The lowest BCUT2D eigenvalue weighted by molar-refractivity contribution is -0.146. The molecule has 0 aromatic carbocycles. The maximum absolute atomic E-state index is 11.9. The average molecular weight is 351 g/mol. The minimum Gasteiger partial charge on any atom is -0.466 e. The van der Waals surface area contributed by atoms with Crippen molar-refractivity contribution in [3.8, 4) is 0 Å². The van der Waals surface area contributed by atoms with Crippen LogP contribution in [0.2, 0.25) is 0 Å². The van der Waals surface area contributed by atoms with Crippen LogP contribution in [-0.4, -0.2) is 31.1 Å². The number of rotatable bonds is 10. The molecule has 4 rings (SSSR count). The summed E-state index contributed by atoms with van der Waals surface area (Å²) < 4.78 is 5.50. The summed E-state index contributed by atoms with van der Waals surface area (Å²) in [4.78, 5) is 23.1. The fourth-order valence-corrected chi connectivity index (χ4v) is 6.00. The van der Waals surface area contributed by atoms with E-state index in [1.807, 2.05) is 6.92 Å². The number of primary amides is 1. The Labute approximate surface area is 151 Å². The molecule has 0 aliphatic heterocycles. The van der Waals surface area contributed by atoms with E-state index >= 15 is 0 Å². The van der Waals surface area contributed by atoms with Gasteiger partial charge in [-0.25, -0.2) is 0 Å². The highest BCUT2D eigenvalue weighted by molar-refractivity contribution is 5.79. The summed E-state index contributed by atoms with van der Waals surface area (Å²) in [7, 11) is 0. The standard InChI is InChI=1S/C20H34N2O3/c1-2-17(19(21)24)22-6-3-4-18(23)25-7-5-20-11-14-8-15(12-20)10-16(9-14)13-20/h14-17,22H,2-13H2,1H3,(H2,21,24). The minimum absolute atomic E-state index is 0.112. The number of ether oxygens (including phenoxy) is 1. The molecule has 4 fully saturated rings. The van der Waals surface area contributed by atoms with Crippen LogP contribution < -0.4 is 11.1 Å². The molecule has 1 atom stereocenters. The van der Waals surface area contributed by atoms with Gasteiger partial charge in [-0.1, -0.05) is 6.92 Å². The number of esters is 1. The van der Waals surface area contributed by atoms with Crippen molar-refractivity contribution in [3.05, 3.63) is 0 Å². The van der Waals surface area contributed by atoms with Gasteiger partial charge in [0.1, 0.15) is 0 Å². The normalized spacial score (nSPS) is 34.0. The Morgan fingerprint density at radius 1 is 1.16 bits per heavy atom. The van der Waals surface area contributed by atoms with Crippen molar-refractivity contribution in [2.75, 3.05) is 13.2 Å². The van der Waals surface area contributed by atoms with E-state index in [0.717, 1.165) is 24.2 Å². The van der Waals surface area contributed by atoms with Crippen LogP contribution in [0.3, 0.4) is 0 Å². The minimum atomic E-state index is -0.333. The molecule has 3 N–H and O–H groups in total. The first-order valence-corrected chi connectivity index (χ1v) is 10.2. The SMILES string of the molecule is CCC(NCCCC(=O)OCCC12CC3CC(CC(C3)C1)C2)C(N)=O. The van der Waals surface area contributed by atoms with Crippen LogP contribution in [0.15, 0.2) is 0 Å². The Morgan fingerprint density at radius 2 is 1.76 bits per heavy atom. The average Bonchev–Trinajstić information content (AvgIpc) is 2.53. The van der Waals surface area contributed by atoms with Crippen LogP contribution in [0.4, 0.5) is 0 Å². The molecule has 0 aromatic rings. The van der Waals surface area contributed by atoms with Gasteiger partial charge in [0.05, 0.1) is 12.6 Å². The third-order valence-corrected chi connectivity index (χ3v) is 6.76. The van der Waals surface area contributed by atoms with Gasteiger partial charge in [0.25, 0.3) is 0 Å². The number of hydrogen-bond acceptors (Lipinski definition) is 4. The lowest BCUT2D eigenvalue weighted by Gasteiger charge is -2.57. The Bertz CT molecular complexity index is 456. The van der Waals surface area contributed by atoms with Crippen LogP contribution >= 0.6 is 0 Å². The molecule has 0 radical (unpaired) electrons. The van der Waals surface area contributed by atoms with E-state index in [9.17, 15) is 9.59 Å². The van der Waals surface area contributed by atoms with Gasteiger partial charge in [0.2, 0.25) is 5.91 Å². The lowest BCUT2D eigenvalue weighted by Crippen LogP contribution is -2.46. The Balaban J connectivity index is 1.30. The molecule has 0 saturated heterocycles. The van der Waals surface area contributed by atoms with Crippen LogP contribution in [0.1, 0.15) is 71.1 Å². The first-order valence-electron chi connectivity index (χ1n) is 10.2. The number of nitrogens with two attached hydrogens (primary N) is 1. The molecule has 1 amide bonds. The van der Waals surface area contributed by atoms with Gasteiger partial charge in [-0.15, -0.1) is 0 Å². The van der Waals surface area contributed by atoms with E-state index < -0.39 is 0 Å². The van der Waals surface area contributed by atoms with Crippen molar-refractivity contribution in [1.29, 1.82) is 0 Å². The highest BCUT2D eigenvalue weighted by atomic mass is 16.5. The smallest absolute Gasteiger partial charge is 0.305 e. The topological polar surface area (TPSA) is 81.4 Å². The molecule has 1 unspecified atom stereocenters. The molecule has 4 bridgehead atoms. The molecule has 142 valence electrons. The monoisotopic (exact) mass is 350 g/mol. The van der Waals surface area contributed by atoms with Gasteiger partial charge in [-0.3, -0.25) is 9.59 Å². The summed E-state index contributed by atoms with van der Waals surface area (Å²) in [5, 5.41) is 3.09. The second-order valence-electron chi connectivity index (χ2n) is 8.81. The van der Waals surface area contributed by atoms with Crippen molar-refractivity contribution < 1.29 is 14.3 Å². The van der Waals surface area contributed by atoms with Crippen LogP contribution in [-0.2, 0) is 14.3 Å². The van der Waals surface area contributed by atoms with Gasteiger partial charge < -0.3 is 15.8 Å².